The first-order valence-electron chi connectivity index (χ1n) is 9.97. The van der Waals surface area contributed by atoms with Crippen LogP contribution in [0.3, 0.4) is 0 Å². The van der Waals surface area contributed by atoms with Crippen LogP contribution >= 0.6 is 11.8 Å². The fourth-order valence-corrected chi connectivity index (χ4v) is 4.38. The number of aromatic nitrogens is 3. The fraction of sp³-hybridized carbons (Fsp3) is 0.217. The Morgan fingerprint density at radius 3 is 2.65 bits per heavy atom. The molecule has 0 atom stereocenters. The van der Waals surface area contributed by atoms with Gasteiger partial charge in [-0.2, -0.15) is 5.10 Å². The largest absolute Gasteiger partial charge is 0.369 e. The van der Waals surface area contributed by atoms with Crippen molar-refractivity contribution in [1.82, 2.24) is 14.6 Å². The summed E-state index contributed by atoms with van der Waals surface area (Å²) in [5.41, 5.74) is 10.6. The first kappa shape index (κ1) is 20.9. The molecule has 4 rings (SSSR count). The van der Waals surface area contributed by atoms with Gasteiger partial charge in [0.15, 0.2) is 5.65 Å². The minimum Gasteiger partial charge on any atom is -0.369 e. The lowest BCUT2D eigenvalue weighted by Gasteiger charge is -2.12. The molecule has 3 N–H and O–H groups in total. The fourth-order valence-electron chi connectivity index (χ4n) is 3.63. The number of carbonyl (C=O) groups excluding carboxylic acids is 2. The average Bonchev–Trinajstić information content (AvgIpc) is 3.12. The molecule has 0 aliphatic carbocycles. The Kier molecular flexibility index (Phi) is 5.90. The lowest BCUT2D eigenvalue weighted by molar-refractivity contribution is -0.116. The lowest BCUT2D eigenvalue weighted by atomic mass is 10.1. The third-order valence-electron chi connectivity index (χ3n) is 5.15. The van der Waals surface area contributed by atoms with Crippen LogP contribution in [0.25, 0.3) is 16.6 Å². The number of fused-ring (bicyclic) bond motifs is 3. The number of hydrogen-bond donors (Lipinski definition) is 2. The van der Waals surface area contributed by atoms with E-state index < -0.39 is 5.91 Å². The molecule has 31 heavy (non-hydrogen) atoms. The number of nitrogens with zero attached hydrogens (tertiary/aromatic N) is 3. The third-order valence-corrected chi connectivity index (χ3v) is 6.25. The van der Waals surface area contributed by atoms with Gasteiger partial charge in [-0.25, -0.2) is 9.50 Å². The second kappa shape index (κ2) is 8.77. The van der Waals surface area contributed by atoms with Gasteiger partial charge in [0.1, 0.15) is 0 Å². The molecular formula is C23H23N5O2S. The minimum atomic E-state index is -0.397. The molecule has 2 amide bonds. The molecule has 0 saturated carbocycles. The summed E-state index contributed by atoms with van der Waals surface area (Å²) in [6, 6.07) is 15.3. The van der Waals surface area contributed by atoms with Gasteiger partial charge in [-0.1, -0.05) is 24.3 Å². The highest BCUT2D eigenvalue weighted by Gasteiger charge is 2.15. The number of hydrogen-bond acceptors (Lipinski definition) is 5. The van der Waals surface area contributed by atoms with E-state index in [9.17, 15) is 9.59 Å². The molecule has 0 aliphatic rings. The summed E-state index contributed by atoms with van der Waals surface area (Å²) in [4.78, 5) is 29.3. The molecule has 2 heterocycles. The number of rotatable bonds is 7. The van der Waals surface area contributed by atoms with Crippen molar-refractivity contribution in [2.75, 3.05) is 11.1 Å². The zero-order chi connectivity index (χ0) is 22.0. The average molecular weight is 434 g/mol. The summed E-state index contributed by atoms with van der Waals surface area (Å²) in [5.74, 6) is -0.335. The quantitative estimate of drug-likeness (QED) is 0.433. The molecule has 4 aromatic rings. The van der Waals surface area contributed by atoms with Crippen molar-refractivity contribution in [3.63, 3.8) is 0 Å². The predicted octanol–water partition coefficient (Wildman–Crippen LogP) is 3.65. The highest BCUT2D eigenvalue weighted by molar-refractivity contribution is 8.00. The maximum absolute atomic E-state index is 12.6. The van der Waals surface area contributed by atoms with E-state index in [1.54, 1.807) is 0 Å². The highest BCUT2D eigenvalue weighted by atomic mass is 32.2. The molecule has 0 spiro atoms. The molecule has 158 valence electrons. The molecule has 0 saturated heterocycles. The maximum Gasteiger partial charge on any atom is 0.227 e. The van der Waals surface area contributed by atoms with Gasteiger partial charge in [0.25, 0.3) is 0 Å². The molecule has 2 aromatic carbocycles. The highest BCUT2D eigenvalue weighted by Crippen LogP contribution is 2.27. The number of carbonyl (C=O) groups is 2. The molecule has 0 radical (unpaired) electrons. The zero-order valence-corrected chi connectivity index (χ0v) is 18.2. The summed E-state index contributed by atoms with van der Waals surface area (Å²) in [7, 11) is 0. The van der Waals surface area contributed by atoms with Gasteiger partial charge in [0.05, 0.1) is 17.0 Å². The van der Waals surface area contributed by atoms with Gasteiger partial charge in [-0.15, -0.1) is 11.8 Å². The summed E-state index contributed by atoms with van der Waals surface area (Å²) in [6.45, 7) is 3.98. The Hall–Kier alpha value is -3.39. The van der Waals surface area contributed by atoms with E-state index in [-0.39, 0.29) is 11.7 Å². The number of nitrogens with one attached hydrogen (secondary N) is 1. The number of aryl methyl sites for hydroxylation is 2. The van der Waals surface area contributed by atoms with Crippen LogP contribution in [0, 0.1) is 13.8 Å². The zero-order valence-electron chi connectivity index (χ0n) is 17.4. The first-order valence-corrected chi connectivity index (χ1v) is 11.0. The van der Waals surface area contributed by atoms with E-state index in [0.717, 1.165) is 38.4 Å². The van der Waals surface area contributed by atoms with Gasteiger partial charge in [-0.05, 0) is 50.1 Å². The summed E-state index contributed by atoms with van der Waals surface area (Å²) < 4.78 is 1.86. The standard InChI is InChI=1S/C23H23N5O2S/c1-14-16(15(2)28-23(25-14)17-7-3-4-8-18(17)27-28)11-12-22(30)26-19-9-5-6-10-20(19)31-13-21(24)29/h3-10H,11-13H2,1-2H3,(H2,24,29)(H,26,30). The van der Waals surface area contributed by atoms with E-state index in [0.29, 0.717) is 18.5 Å². The molecular weight excluding hydrogens is 410 g/mol. The third kappa shape index (κ3) is 4.39. The topological polar surface area (TPSA) is 102 Å². The van der Waals surface area contributed by atoms with Crippen LogP contribution in [0.1, 0.15) is 23.4 Å². The van der Waals surface area contributed by atoms with Crippen molar-refractivity contribution in [2.24, 2.45) is 5.73 Å². The van der Waals surface area contributed by atoms with Crippen molar-refractivity contribution in [2.45, 2.75) is 31.6 Å². The molecule has 0 aliphatic heterocycles. The van der Waals surface area contributed by atoms with E-state index >= 15 is 0 Å². The Bertz CT molecular complexity index is 1300. The van der Waals surface area contributed by atoms with Crippen molar-refractivity contribution in [3.05, 3.63) is 65.5 Å². The Labute approximate surface area is 184 Å². The van der Waals surface area contributed by atoms with Crippen LogP contribution in [0.5, 0.6) is 0 Å². The molecule has 0 fully saturated rings. The number of para-hydroxylation sites is 1. The number of primary amides is 1. The van der Waals surface area contributed by atoms with Gasteiger partial charge in [0, 0.05) is 28.1 Å². The normalized spacial score (nSPS) is 11.2. The summed E-state index contributed by atoms with van der Waals surface area (Å²) in [6.07, 6.45) is 0.865. The smallest absolute Gasteiger partial charge is 0.227 e. The van der Waals surface area contributed by atoms with Crippen LogP contribution < -0.4 is 11.1 Å². The van der Waals surface area contributed by atoms with E-state index in [1.807, 2.05) is 66.9 Å². The minimum absolute atomic E-state index is 0.100. The van der Waals surface area contributed by atoms with Gasteiger partial charge < -0.3 is 11.1 Å². The number of thioether (sulfide) groups is 1. The second-order valence-corrected chi connectivity index (χ2v) is 8.33. The first-order chi connectivity index (χ1) is 14.9. The van der Waals surface area contributed by atoms with Crippen LogP contribution in [0.2, 0.25) is 0 Å². The van der Waals surface area contributed by atoms with Gasteiger partial charge in [0.2, 0.25) is 11.8 Å². The van der Waals surface area contributed by atoms with Crippen LogP contribution in [0.15, 0.2) is 53.4 Å². The molecule has 2 aromatic heterocycles. The lowest BCUT2D eigenvalue weighted by Crippen LogP contribution is -2.16. The predicted molar refractivity (Wildman–Crippen MR) is 123 cm³/mol. The number of nitrogens with two attached hydrogens (primary N) is 1. The van der Waals surface area contributed by atoms with Crippen molar-refractivity contribution in [3.8, 4) is 0 Å². The molecule has 7 nitrogen and oxygen atoms in total. The SMILES string of the molecule is Cc1nc2c3ccccc3nn2c(C)c1CCC(=O)Nc1ccccc1SCC(N)=O. The molecule has 0 unspecified atom stereocenters. The summed E-state index contributed by atoms with van der Waals surface area (Å²) >= 11 is 1.31. The second-order valence-electron chi connectivity index (χ2n) is 7.31. The van der Waals surface area contributed by atoms with Gasteiger partial charge >= 0.3 is 0 Å². The summed E-state index contributed by atoms with van der Waals surface area (Å²) in [5, 5.41) is 8.63. The monoisotopic (exact) mass is 433 g/mol. The van der Waals surface area contributed by atoms with Crippen LogP contribution in [-0.4, -0.2) is 32.2 Å². The van der Waals surface area contributed by atoms with Crippen molar-refractivity contribution < 1.29 is 9.59 Å². The molecule has 8 heteroatoms. The van der Waals surface area contributed by atoms with Crippen molar-refractivity contribution >= 4 is 45.8 Å². The number of benzene rings is 2. The molecule has 0 bridgehead atoms. The van der Waals surface area contributed by atoms with Crippen molar-refractivity contribution in [1.29, 1.82) is 0 Å². The van der Waals surface area contributed by atoms with Crippen LogP contribution in [0.4, 0.5) is 5.69 Å². The Balaban J connectivity index is 1.51. The van der Waals surface area contributed by atoms with Crippen LogP contribution in [-0.2, 0) is 16.0 Å². The van der Waals surface area contributed by atoms with E-state index in [1.165, 1.54) is 11.8 Å². The number of anilines is 1. The van der Waals surface area contributed by atoms with E-state index in [4.69, 9.17) is 10.7 Å². The van der Waals surface area contributed by atoms with E-state index in [2.05, 4.69) is 10.4 Å². The number of amides is 2. The maximum atomic E-state index is 12.6. The Morgan fingerprint density at radius 1 is 1.10 bits per heavy atom. The Morgan fingerprint density at radius 2 is 1.84 bits per heavy atom. The van der Waals surface area contributed by atoms with Gasteiger partial charge in [-0.3, -0.25) is 9.59 Å².